The molecule has 2 aromatic heterocycles. The van der Waals surface area contributed by atoms with Crippen molar-refractivity contribution in [3.63, 3.8) is 0 Å². The quantitative estimate of drug-likeness (QED) is 0.555. The highest BCUT2D eigenvalue weighted by atomic mass is 32.2. The van der Waals surface area contributed by atoms with Gasteiger partial charge in [-0.2, -0.15) is 5.10 Å². The summed E-state index contributed by atoms with van der Waals surface area (Å²) in [5.41, 5.74) is 9.28. The largest absolute Gasteiger partial charge is 0.513 e. The van der Waals surface area contributed by atoms with Gasteiger partial charge in [-0.25, -0.2) is 23.1 Å². The van der Waals surface area contributed by atoms with E-state index in [9.17, 15) is 13.5 Å². The Hall–Kier alpha value is -3.24. The van der Waals surface area contributed by atoms with Crippen molar-refractivity contribution in [1.82, 2.24) is 24.5 Å². The van der Waals surface area contributed by atoms with Gasteiger partial charge in [0.2, 0.25) is 10.0 Å². The van der Waals surface area contributed by atoms with Crippen LogP contribution in [0.2, 0.25) is 0 Å². The van der Waals surface area contributed by atoms with Crippen molar-refractivity contribution in [3.05, 3.63) is 54.2 Å². The van der Waals surface area contributed by atoms with Gasteiger partial charge in [-0.05, 0) is 43.5 Å². The number of aliphatic hydroxyl groups is 1. The molecule has 2 heterocycles. The van der Waals surface area contributed by atoms with Crippen molar-refractivity contribution in [2.45, 2.75) is 37.1 Å². The molecule has 1 aliphatic carbocycles. The Labute approximate surface area is 180 Å². The molecule has 0 saturated carbocycles. The number of nitrogen functional groups attached to an aromatic ring is 1. The Morgan fingerprint density at radius 1 is 1.29 bits per heavy atom. The number of hydrogen-bond acceptors (Lipinski definition) is 7. The van der Waals surface area contributed by atoms with E-state index in [2.05, 4.69) is 19.8 Å². The molecule has 0 aliphatic heterocycles. The van der Waals surface area contributed by atoms with E-state index in [1.807, 2.05) is 6.92 Å². The van der Waals surface area contributed by atoms with E-state index >= 15 is 0 Å². The molecule has 0 spiro atoms. The number of aliphatic hydroxyl groups excluding tert-OH is 1. The maximum atomic E-state index is 13.0. The Morgan fingerprint density at radius 2 is 2.10 bits per heavy atom. The van der Waals surface area contributed by atoms with Crippen LogP contribution in [0.1, 0.15) is 24.8 Å². The smallest absolute Gasteiger partial charge is 0.240 e. The number of nitrogens with two attached hydrogens (primary N) is 1. The highest BCUT2D eigenvalue weighted by Gasteiger charge is 2.23. The number of allylic oxidation sites excluding steroid dienone is 1. The molecule has 162 valence electrons. The second-order valence-corrected chi connectivity index (χ2v) is 9.37. The van der Waals surface area contributed by atoms with Crippen LogP contribution in [0.15, 0.2) is 53.5 Å². The number of nitrogens with one attached hydrogen (secondary N) is 1. The fourth-order valence-corrected chi connectivity index (χ4v) is 4.85. The first-order valence-corrected chi connectivity index (χ1v) is 11.3. The lowest BCUT2D eigenvalue weighted by Crippen LogP contribution is -2.35. The molecule has 1 aliphatic rings. The van der Waals surface area contributed by atoms with Crippen LogP contribution in [0.3, 0.4) is 0 Å². The molecule has 0 amide bonds. The minimum absolute atomic E-state index is 0.147. The summed E-state index contributed by atoms with van der Waals surface area (Å²) in [4.78, 5) is 9.05. The number of sulfonamides is 1. The molecule has 0 saturated heterocycles. The maximum absolute atomic E-state index is 13.0. The van der Waals surface area contributed by atoms with Crippen LogP contribution in [0.4, 0.5) is 5.82 Å². The first kappa shape index (κ1) is 21.0. The zero-order valence-electron chi connectivity index (χ0n) is 17.3. The fourth-order valence-electron chi connectivity index (χ4n) is 3.54. The Balaban J connectivity index is 1.68. The number of benzene rings is 1. The first-order chi connectivity index (χ1) is 14.7. The van der Waals surface area contributed by atoms with Gasteiger partial charge < -0.3 is 10.8 Å². The zero-order chi connectivity index (χ0) is 22.2. The molecule has 9 nitrogen and oxygen atoms in total. The van der Waals surface area contributed by atoms with E-state index in [4.69, 9.17) is 5.73 Å². The van der Waals surface area contributed by atoms with Gasteiger partial charge in [0, 0.05) is 36.8 Å². The van der Waals surface area contributed by atoms with Crippen LogP contribution < -0.4 is 10.5 Å². The maximum Gasteiger partial charge on any atom is 0.240 e. The SMILES string of the molecule is Cc1ccc(S(=O)(=O)N[C@@H]2CC=C(O)CC2)cc1-c1cnc(N)c(-c2cnn(C)c2)n1. The minimum atomic E-state index is -3.74. The van der Waals surface area contributed by atoms with Gasteiger partial charge in [0.25, 0.3) is 0 Å². The molecule has 3 aromatic rings. The average molecular weight is 441 g/mol. The van der Waals surface area contributed by atoms with E-state index in [1.54, 1.807) is 48.4 Å². The van der Waals surface area contributed by atoms with Crippen LogP contribution in [0.25, 0.3) is 22.5 Å². The molecular weight excluding hydrogens is 416 g/mol. The first-order valence-electron chi connectivity index (χ1n) is 9.86. The molecule has 1 atom stereocenters. The summed E-state index contributed by atoms with van der Waals surface area (Å²) in [5.74, 6) is 0.577. The van der Waals surface area contributed by atoms with Crippen molar-refractivity contribution in [3.8, 4) is 22.5 Å². The van der Waals surface area contributed by atoms with Gasteiger partial charge >= 0.3 is 0 Å². The number of rotatable bonds is 5. The number of anilines is 1. The van der Waals surface area contributed by atoms with Gasteiger partial charge in [0.05, 0.1) is 28.7 Å². The zero-order valence-corrected chi connectivity index (χ0v) is 18.1. The van der Waals surface area contributed by atoms with Crippen LogP contribution in [0.5, 0.6) is 0 Å². The lowest BCUT2D eigenvalue weighted by molar-refractivity contribution is 0.353. The molecule has 4 rings (SSSR count). The second-order valence-electron chi connectivity index (χ2n) is 7.66. The van der Waals surface area contributed by atoms with Crippen molar-refractivity contribution < 1.29 is 13.5 Å². The summed E-state index contributed by atoms with van der Waals surface area (Å²) < 4.78 is 30.3. The number of hydrogen-bond donors (Lipinski definition) is 3. The summed E-state index contributed by atoms with van der Waals surface area (Å²) in [6.45, 7) is 1.88. The van der Waals surface area contributed by atoms with Gasteiger partial charge in [0.15, 0.2) is 0 Å². The normalized spacial score (nSPS) is 16.8. The summed E-state index contributed by atoms with van der Waals surface area (Å²) in [6, 6.07) is 4.67. The molecule has 0 bridgehead atoms. The lowest BCUT2D eigenvalue weighted by Gasteiger charge is -2.21. The van der Waals surface area contributed by atoms with E-state index in [-0.39, 0.29) is 16.8 Å². The summed E-state index contributed by atoms with van der Waals surface area (Å²) in [5, 5.41) is 13.7. The molecule has 31 heavy (non-hydrogen) atoms. The van der Waals surface area contributed by atoms with Gasteiger partial charge in [-0.3, -0.25) is 4.68 Å². The average Bonchev–Trinajstić information content (AvgIpc) is 3.16. The Morgan fingerprint density at radius 3 is 2.77 bits per heavy atom. The standard InChI is InChI=1S/C21H24N6O3S/c1-13-3-8-17(31(29,30)26-15-4-6-16(28)7-5-15)9-18(13)19-11-23-21(22)20(25-19)14-10-24-27(2)12-14/h3,6,8-12,15,26,28H,4-5,7H2,1-2H3,(H2,22,23)/t15-/m1/s1. The molecule has 4 N–H and O–H groups in total. The van der Waals surface area contributed by atoms with Crippen molar-refractivity contribution >= 4 is 15.8 Å². The minimum Gasteiger partial charge on any atom is -0.513 e. The molecule has 10 heteroatoms. The molecular formula is C21H24N6O3S. The predicted molar refractivity (Wildman–Crippen MR) is 117 cm³/mol. The molecule has 0 radical (unpaired) electrons. The number of nitrogens with zero attached hydrogens (tertiary/aromatic N) is 4. The third-order valence-corrected chi connectivity index (χ3v) is 6.80. The predicted octanol–water partition coefficient (Wildman–Crippen LogP) is 2.71. The van der Waals surface area contributed by atoms with E-state index < -0.39 is 10.0 Å². The van der Waals surface area contributed by atoms with Crippen LogP contribution in [0, 0.1) is 6.92 Å². The van der Waals surface area contributed by atoms with Crippen molar-refractivity contribution in [2.24, 2.45) is 7.05 Å². The van der Waals surface area contributed by atoms with Crippen molar-refractivity contribution in [1.29, 1.82) is 0 Å². The lowest BCUT2D eigenvalue weighted by atomic mass is 10.0. The summed E-state index contributed by atoms with van der Waals surface area (Å²) in [6.07, 6.45) is 8.11. The Kier molecular flexibility index (Phi) is 5.50. The van der Waals surface area contributed by atoms with Crippen LogP contribution in [-0.4, -0.2) is 39.3 Å². The second kappa shape index (κ2) is 8.12. The molecule has 0 unspecified atom stereocenters. The third kappa shape index (κ3) is 4.44. The van der Waals surface area contributed by atoms with Gasteiger partial charge in [-0.15, -0.1) is 0 Å². The van der Waals surface area contributed by atoms with Crippen LogP contribution in [-0.2, 0) is 17.1 Å². The Bertz CT molecular complexity index is 1270. The number of aryl methyl sites for hydroxylation is 2. The van der Waals surface area contributed by atoms with E-state index in [1.165, 1.54) is 6.20 Å². The van der Waals surface area contributed by atoms with E-state index in [0.717, 1.165) is 11.1 Å². The topological polar surface area (TPSA) is 136 Å². The molecule has 1 aromatic carbocycles. The van der Waals surface area contributed by atoms with E-state index in [0.29, 0.717) is 42.0 Å². The highest BCUT2D eigenvalue weighted by Crippen LogP contribution is 2.29. The van der Waals surface area contributed by atoms with Gasteiger partial charge in [0.1, 0.15) is 11.5 Å². The fraction of sp³-hybridized carbons (Fsp3) is 0.286. The van der Waals surface area contributed by atoms with Crippen LogP contribution >= 0.6 is 0 Å². The third-order valence-electron chi connectivity index (χ3n) is 5.28. The highest BCUT2D eigenvalue weighted by molar-refractivity contribution is 7.89. The van der Waals surface area contributed by atoms with Gasteiger partial charge in [-0.1, -0.05) is 6.07 Å². The summed E-state index contributed by atoms with van der Waals surface area (Å²) >= 11 is 0. The van der Waals surface area contributed by atoms with Crippen molar-refractivity contribution in [2.75, 3.05) is 5.73 Å². The molecule has 0 fully saturated rings. The summed E-state index contributed by atoms with van der Waals surface area (Å²) in [7, 11) is -1.94. The monoisotopic (exact) mass is 440 g/mol. The number of aromatic nitrogens is 4.